The van der Waals surface area contributed by atoms with E-state index in [4.69, 9.17) is 0 Å². The van der Waals surface area contributed by atoms with Crippen LogP contribution in [0.1, 0.15) is 38.5 Å². The summed E-state index contributed by atoms with van der Waals surface area (Å²) >= 11 is 1.74. The maximum atomic E-state index is 4.08. The normalized spacial score (nSPS) is 17.8. The lowest BCUT2D eigenvalue weighted by Crippen LogP contribution is -2.31. The lowest BCUT2D eigenvalue weighted by atomic mass is 9.95. The molecule has 0 atom stereocenters. The summed E-state index contributed by atoms with van der Waals surface area (Å²) in [6.07, 6.45) is 9.74. The summed E-state index contributed by atoms with van der Waals surface area (Å²) < 4.78 is 0. The number of nitrogens with zero attached hydrogens (tertiary/aromatic N) is 2. The Balaban J connectivity index is 1.48. The number of thioether (sulfide) groups is 1. The summed E-state index contributed by atoms with van der Waals surface area (Å²) in [6.45, 7) is 1.13. The molecular weight excluding hydrogens is 220 g/mol. The quantitative estimate of drug-likeness (QED) is 0.591. The number of aromatic nitrogens is 3. The number of H-pyrrole nitrogens is 1. The number of aromatic amines is 1. The smallest absolute Gasteiger partial charge is 0.183 e. The molecule has 2 rings (SSSR count). The van der Waals surface area contributed by atoms with Crippen LogP contribution in [0.2, 0.25) is 0 Å². The van der Waals surface area contributed by atoms with Gasteiger partial charge in [0.2, 0.25) is 0 Å². The molecule has 2 N–H and O–H groups in total. The average Bonchev–Trinajstić information content (AvgIpc) is 2.83. The third kappa shape index (κ3) is 4.14. The van der Waals surface area contributed by atoms with Gasteiger partial charge in [-0.15, -0.1) is 0 Å². The zero-order valence-electron chi connectivity index (χ0n) is 9.61. The second-order valence-corrected chi connectivity index (χ2v) is 5.37. The second kappa shape index (κ2) is 6.91. The Labute approximate surface area is 101 Å². The van der Waals surface area contributed by atoms with Gasteiger partial charge >= 0.3 is 0 Å². The van der Waals surface area contributed by atoms with E-state index in [0.29, 0.717) is 0 Å². The summed E-state index contributed by atoms with van der Waals surface area (Å²) in [5.41, 5.74) is 0. The molecule has 1 aliphatic carbocycles. The first-order chi connectivity index (χ1) is 7.95. The van der Waals surface area contributed by atoms with Gasteiger partial charge in [-0.1, -0.05) is 31.0 Å². The Hall–Kier alpha value is -0.550. The number of rotatable bonds is 6. The van der Waals surface area contributed by atoms with Gasteiger partial charge in [0, 0.05) is 11.8 Å². The largest absolute Gasteiger partial charge is 0.314 e. The molecule has 0 aromatic carbocycles. The fraction of sp³-hybridized carbons (Fsp3) is 0.818. The maximum Gasteiger partial charge on any atom is 0.183 e. The molecule has 1 aromatic rings. The highest BCUT2D eigenvalue weighted by molar-refractivity contribution is 7.99. The third-order valence-corrected chi connectivity index (χ3v) is 3.95. The Morgan fingerprint density at radius 1 is 1.38 bits per heavy atom. The molecule has 1 fully saturated rings. The number of nitrogens with one attached hydrogen (secondary N) is 2. The standard InChI is InChI=1S/C11H20N4S/c1-2-5-10(6-3-1)12-7-4-8-16-11-13-9-14-15-11/h9-10,12H,1-8H2,(H,13,14,15). The van der Waals surface area contributed by atoms with Crippen molar-refractivity contribution in [1.82, 2.24) is 20.5 Å². The van der Waals surface area contributed by atoms with E-state index in [-0.39, 0.29) is 0 Å². The van der Waals surface area contributed by atoms with E-state index in [2.05, 4.69) is 20.5 Å². The van der Waals surface area contributed by atoms with Crippen LogP contribution >= 0.6 is 11.8 Å². The molecule has 90 valence electrons. The summed E-state index contributed by atoms with van der Waals surface area (Å²) in [5.74, 6) is 1.11. The molecule has 1 saturated carbocycles. The van der Waals surface area contributed by atoms with E-state index in [0.717, 1.165) is 23.5 Å². The van der Waals surface area contributed by atoms with Crippen LogP contribution in [-0.4, -0.2) is 33.5 Å². The molecule has 1 aliphatic rings. The molecule has 0 aliphatic heterocycles. The van der Waals surface area contributed by atoms with Gasteiger partial charge in [0.25, 0.3) is 0 Å². The predicted molar refractivity (Wildman–Crippen MR) is 66.6 cm³/mol. The van der Waals surface area contributed by atoms with Crippen molar-refractivity contribution in [3.05, 3.63) is 6.33 Å². The van der Waals surface area contributed by atoms with Crippen molar-refractivity contribution in [3.63, 3.8) is 0 Å². The van der Waals surface area contributed by atoms with Crippen LogP contribution in [0, 0.1) is 0 Å². The van der Waals surface area contributed by atoms with Crippen LogP contribution in [-0.2, 0) is 0 Å². The minimum absolute atomic E-state index is 0.782. The zero-order valence-corrected chi connectivity index (χ0v) is 10.4. The highest BCUT2D eigenvalue weighted by atomic mass is 32.2. The van der Waals surface area contributed by atoms with Crippen molar-refractivity contribution in [2.24, 2.45) is 0 Å². The van der Waals surface area contributed by atoms with Gasteiger partial charge in [0.1, 0.15) is 6.33 Å². The van der Waals surface area contributed by atoms with Crippen LogP contribution in [0.5, 0.6) is 0 Å². The fourth-order valence-electron chi connectivity index (χ4n) is 2.12. The molecule has 1 heterocycles. The van der Waals surface area contributed by atoms with E-state index in [1.54, 1.807) is 18.1 Å². The lowest BCUT2D eigenvalue weighted by molar-refractivity contribution is 0.375. The monoisotopic (exact) mass is 240 g/mol. The Morgan fingerprint density at radius 2 is 2.25 bits per heavy atom. The van der Waals surface area contributed by atoms with Crippen molar-refractivity contribution in [2.45, 2.75) is 49.7 Å². The van der Waals surface area contributed by atoms with Gasteiger partial charge < -0.3 is 5.32 Å². The molecule has 0 amide bonds. The van der Waals surface area contributed by atoms with Crippen LogP contribution in [0.3, 0.4) is 0 Å². The molecule has 0 saturated heterocycles. The maximum absolute atomic E-state index is 4.08. The summed E-state index contributed by atoms with van der Waals surface area (Å²) in [5, 5.41) is 11.3. The van der Waals surface area contributed by atoms with E-state index in [1.807, 2.05) is 0 Å². The minimum Gasteiger partial charge on any atom is -0.314 e. The van der Waals surface area contributed by atoms with E-state index >= 15 is 0 Å². The zero-order chi connectivity index (χ0) is 11.1. The fourth-order valence-corrected chi connectivity index (χ4v) is 2.84. The summed E-state index contributed by atoms with van der Waals surface area (Å²) in [6, 6.07) is 0.782. The topological polar surface area (TPSA) is 53.6 Å². The molecular formula is C11H20N4S. The SMILES string of the molecule is c1n[nH]c(SCCCNC2CCCCC2)n1. The second-order valence-electron chi connectivity index (χ2n) is 4.28. The predicted octanol–water partition coefficient (Wildman–Crippen LogP) is 2.21. The molecule has 0 bridgehead atoms. The van der Waals surface area contributed by atoms with Crippen LogP contribution in [0.15, 0.2) is 11.5 Å². The van der Waals surface area contributed by atoms with E-state index < -0.39 is 0 Å². The number of hydrogen-bond acceptors (Lipinski definition) is 4. The van der Waals surface area contributed by atoms with E-state index in [9.17, 15) is 0 Å². The first-order valence-electron chi connectivity index (χ1n) is 6.17. The van der Waals surface area contributed by atoms with Gasteiger partial charge in [-0.2, -0.15) is 5.10 Å². The van der Waals surface area contributed by atoms with Gasteiger partial charge in [0.15, 0.2) is 5.16 Å². The van der Waals surface area contributed by atoms with Crippen LogP contribution in [0.25, 0.3) is 0 Å². The van der Waals surface area contributed by atoms with Crippen molar-refractivity contribution >= 4 is 11.8 Å². The molecule has 0 radical (unpaired) electrons. The molecule has 0 spiro atoms. The molecule has 16 heavy (non-hydrogen) atoms. The summed E-state index contributed by atoms with van der Waals surface area (Å²) in [4.78, 5) is 4.08. The third-order valence-electron chi connectivity index (χ3n) is 2.99. The highest BCUT2D eigenvalue weighted by Crippen LogP contribution is 2.17. The van der Waals surface area contributed by atoms with Crippen LogP contribution < -0.4 is 5.32 Å². The van der Waals surface area contributed by atoms with Crippen molar-refractivity contribution in [2.75, 3.05) is 12.3 Å². The van der Waals surface area contributed by atoms with Gasteiger partial charge in [-0.3, -0.25) is 5.10 Å². The Kier molecular flexibility index (Phi) is 5.15. The molecule has 5 heteroatoms. The Bertz CT molecular complexity index is 270. The van der Waals surface area contributed by atoms with Gasteiger partial charge in [0.05, 0.1) is 0 Å². The van der Waals surface area contributed by atoms with Crippen molar-refractivity contribution in [1.29, 1.82) is 0 Å². The van der Waals surface area contributed by atoms with E-state index in [1.165, 1.54) is 38.5 Å². The lowest BCUT2D eigenvalue weighted by Gasteiger charge is -2.22. The average molecular weight is 240 g/mol. The minimum atomic E-state index is 0.782. The van der Waals surface area contributed by atoms with Crippen molar-refractivity contribution < 1.29 is 0 Å². The first kappa shape index (κ1) is 11.9. The molecule has 0 unspecified atom stereocenters. The Morgan fingerprint density at radius 3 is 3.00 bits per heavy atom. The summed E-state index contributed by atoms with van der Waals surface area (Å²) in [7, 11) is 0. The van der Waals surface area contributed by atoms with Crippen LogP contribution in [0.4, 0.5) is 0 Å². The first-order valence-corrected chi connectivity index (χ1v) is 7.15. The van der Waals surface area contributed by atoms with Crippen molar-refractivity contribution in [3.8, 4) is 0 Å². The highest BCUT2D eigenvalue weighted by Gasteiger charge is 2.11. The number of hydrogen-bond donors (Lipinski definition) is 2. The van der Waals surface area contributed by atoms with Gasteiger partial charge in [-0.05, 0) is 25.8 Å². The molecule has 1 aromatic heterocycles. The molecule has 4 nitrogen and oxygen atoms in total. The van der Waals surface area contributed by atoms with Gasteiger partial charge in [-0.25, -0.2) is 4.98 Å².